The maximum absolute atomic E-state index is 13.1. The van der Waals surface area contributed by atoms with Crippen LogP contribution in [0.1, 0.15) is 54.7 Å². The fraction of sp³-hybridized carbons (Fsp3) is 0.312. The highest BCUT2D eigenvalue weighted by Gasteiger charge is 2.25. The van der Waals surface area contributed by atoms with Crippen molar-refractivity contribution in [2.45, 2.75) is 50.1 Å². The van der Waals surface area contributed by atoms with Crippen molar-refractivity contribution in [3.63, 3.8) is 0 Å². The molecular formula is C32H39N5O. The summed E-state index contributed by atoms with van der Waals surface area (Å²) in [6.45, 7) is 4.17. The zero-order chi connectivity index (χ0) is 26.9. The number of hydrogen-bond donors (Lipinski definition) is 4. The van der Waals surface area contributed by atoms with Gasteiger partial charge in [0.15, 0.2) is 0 Å². The van der Waals surface area contributed by atoms with Crippen molar-refractivity contribution < 1.29 is 4.79 Å². The van der Waals surface area contributed by atoms with Gasteiger partial charge in [0.1, 0.15) is 5.84 Å². The maximum atomic E-state index is 13.1. The van der Waals surface area contributed by atoms with E-state index in [4.69, 9.17) is 5.41 Å². The van der Waals surface area contributed by atoms with E-state index in [2.05, 4.69) is 46.8 Å². The van der Waals surface area contributed by atoms with Crippen LogP contribution >= 0.6 is 0 Å². The van der Waals surface area contributed by atoms with Gasteiger partial charge in [-0.15, -0.1) is 0 Å². The second kappa shape index (κ2) is 13.0. The lowest BCUT2D eigenvalue weighted by Gasteiger charge is -2.31. The maximum Gasteiger partial charge on any atom is 0.221 e. The normalized spacial score (nSPS) is 16.9. The second-order valence-corrected chi connectivity index (χ2v) is 10.2. The Kier molecular flexibility index (Phi) is 9.20. The zero-order valence-corrected chi connectivity index (χ0v) is 22.4. The lowest BCUT2D eigenvalue weighted by Crippen LogP contribution is -2.42. The molecule has 198 valence electrons. The molecule has 0 unspecified atom stereocenters. The molecule has 3 aromatic carbocycles. The van der Waals surface area contributed by atoms with E-state index in [-0.39, 0.29) is 17.9 Å². The van der Waals surface area contributed by atoms with Crippen LogP contribution in [0.5, 0.6) is 0 Å². The predicted molar refractivity (Wildman–Crippen MR) is 156 cm³/mol. The summed E-state index contributed by atoms with van der Waals surface area (Å²) < 4.78 is 0. The molecule has 1 aliphatic carbocycles. The summed E-state index contributed by atoms with van der Waals surface area (Å²) in [6, 6.07) is 28.8. The van der Waals surface area contributed by atoms with Crippen molar-refractivity contribution in [3.05, 3.63) is 114 Å². The molecule has 0 bridgehead atoms. The van der Waals surface area contributed by atoms with E-state index in [9.17, 15) is 4.79 Å². The largest absolute Gasteiger partial charge is 0.369 e. The molecule has 1 fully saturated rings. The number of nitrogens with one attached hydrogen (secondary N) is 4. The number of carbonyl (C=O) groups is 1. The van der Waals surface area contributed by atoms with Gasteiger partial charge in [-0.05, 0) is 48.9 Å². The molecule has 6 heteroatoms. The molecule has 4 rings (SSSR count). The predicted octanol–water partition coefficient (Wildman–Crippen LogP) is 5.70. The molecule has 1 saturated carbocycles. The van der Waals surface area contributed by atoms with Crippen molar-refractivity contribution in [3.8, 4) is 0 Å². The average molecular weight is 510 g/mol. The van der Waals surface area contributed by atoms with Gasteiger partial charge in [0.05, 0.1) is 11.5 Å². The topological polar surface area (TPSA) is 80.2 Å². The number of anilines is 1. The minimum atomic E-state index is 0.0432. The molecule has 38 heavy (non-hydrogen) atoms. The molecule has 0 spiro atoms. The number of para-hydroxylation sites is 1. The Morgan fingerprint density at radius 1 is 0.842 bits per heavy atom. The van der Waals surface area contributed by atoms with E-state index in [1.165, 1.54) is 0 Å². The minimum absolute atomic E-state index is 0.0432. The molecule has 0 saturated heterocycles. The fourth-order valence-electron chi connectivity index (χ4n) is 5.14. The summed E-state index contributed by atoms with van der Waals surface area (Å²) in [5, 5.41) is 18.5. The third-order valence-electron chi connectivity index (χ3n) is 7.18. The highest BCUT2D eigenvalue weighted by molar-refractivity contribution is 6.01. The zero-order valence-electron chi connectivity index (χ0n) is 22.4. The third kappa shape index (κ3) is 7.25. The SMILES string of the molecule is C=C(Nc1ccccc1C(=N)N(C)C)NC1CCC(NC(=O)CC(c2ccccc2)c2ccccc2)CC1. The monoisotopic (exact) mass is 509 g/mol. The van der Waals surface area contributed by atoms with Crippen LogP contribution in [-0.4, -0.2) is 42.8 Å². The minimum Gasteiger partial charge on any atom is -0.369 e. The number of amides is 1. The number of carbonyl (C=O) groups excluding carboxylic acids is 1. The van der Waals surface area contributed by atoms with Crippen LogP contribution in [-0.2, 0) is 4.79 Å². The fourth-order valence-corrected chi connectivity index (χ4v) is 5.14. The Balaban J connectivity index is 1.27. The molecule has 6 nitrogen and oxygen atoms in total. The van der Waals surface area contributed by atoms with Gasteiger partial charge >= 0.3 is 0 Å². The summed E-state index contributed by atoms with van der Waals surface area (Å²) in [6.07, 6.45) is 4.22. The van der Waals surface area contributed by atoms with Crippen molar-refractivity contribution in [2.24, 2.45) is 0 Å². The van der Waals surface area contributed by atoms with E-state index in [1.807, 2.05) is 74.8 Å². The van der Waals surface area contributed by atoms with Gasteiger partial charge < -0.3 is 20.9 Å². The first-order valence-electron chi connectivity index (χ1n) is 13.4. The van der Waals surface area contributed by atoms with Crippen LogP contribution in [0.4, 0.5) is 5.69 Å². The number of amidine groups is 1. The van der Waals surface area contributed by atoms with E-state index < -0.39 is 0 Å². The molecule has 1 amide bonds. The molecule has 0 aliphatic heterocycles. The quantitative estimate of drug-likeness (QED) is 0.209. The summed E-state index contributed by atoms with van der Waals surface area (Å²) in [7, 11) is 3.74. The molecular weight excluding hydrogens is 470 g/mol. The summed E-state index contributed by atoms with van der Waals surface area (Å²) in [4.78, 5) is 14.9. The Bertz CT molecular complexity index is 1180. The molecule has 0 atom stereocenters. The average Bonchev–Trinajstić information content (AvgIpc) is 2.93. The van der Waals surface area contributed by atoms with Gasteiger partial charge in [-0.2, -0.15) is 0 Å². The first-order chi connectivity index (χ1) is 18.4. The van der Waals surface area contributed by atoms with Crippen molar-refractivity contribution in [2.75, 3.05) is 19.4 Å². The van der Waals surface area contributed by atoms with Crippen LogP contribution in [0, 0.1) is 5.41 Å². The van der Waals surface area contributed by atoms with E-state index in [0.29, 0.717) is 18.3 Å². The van der Waals surface area contributed by atoms with E-state index in [1.54, 1.807) is 4.90 Å². The molecule has 1 aliphatic rings. The smallest absolute Gasteiger partial charge is 0.221 e. The van der Waals surface area contributed by atoms with Gasteiger partial charge in [0.2, 0.25) is 5.91 Å². The van der Waals surface area contributed by atoms with Crippen LogP contribution in [0.3, 0.4) is 0 Å². The number of hydrogen-bond acceptors (Lipinski definition) is 4. The van der Waals surface area contributed by atoms with Gasteiger partial charge in [0, 0.05) is 44.1 Å². The Morgan fingerprint density at radius 2 is 1.34 bits per heavy atom. The van der Waals surface area contributed by atoms with Crippen LogP contribution in [0.2, 0.25) is 0 Å². The lowest BCUT2D eigenvalue weighted by atomic mass is 9.87. The van der Waals surface area contributed by atoms with Crippen LogP contribution in [0.25, 0.3) is 0 Å². The molecule has 0 radical (unpaired) electrons. The van der Waals surface area contributed by atoms with Gasteiger partial charge in [-0.25, -0.2) is 0 Å². The molecule has 0 heterocycles. The summed E-state index contributed by atoms with van der Waals surface area (Å²) in [5.74, 6) is 1.32. The number of nitrogens with zero attached hydrogens (tertiary/aromatic N) is 1. The van der Waals surface area contributed by atoms with Crippen molar-refractivity contribution in [1.29, 1.82) is 5.41 Å². The Morgan fingerprint density at radius 3 is 1.89 bits per heavy atom. The second-order valence-electron chi connectivity index (χ2n) is 10.2. The van der Waals surface area contributed by atoms with E-state index in [0.717, 1.165) is 53.9 Å². The Labute approximate surface area is 226 Å². The van der Waals surface area contributed by atoms with Crippen LogP contribution < -0.4 is 16.0 Å². The third-order valence-corrected chi connectivity index (χ3v) is 7.18. The molecule has 3 aromatic rings. The van der Waals surface area contributed by atoms with Gasteiger partial charge in [0.25, 0.3) is 0 Å². The van der Waals surface area contributed by atoms with Crippen molar-refractivity contribution in [1.82, 2.24) is 15.5 Å². The first kappa shape index (κ1) is 27.0. The molecule has 4 N–H and O–H groups in total. The Hall–Kier alpha value is -4.06. The van der Waals surface area contributed by atoms with Crippen molar-refractivity contribution >= 4 is 17.4 Å². The highest BCUT2D eigenvalue weighted by Crippen LogP contribution is 2.28. The number of benzene rings is 3. The first-order valence-corrected chi connectivity index (χ1v) is 13.4. The van der Waals surface area contributed by atoms with Crippen LogP contribution in [0.15, 0.2) is 97.3 Å². The standard InChI is InChI=1S/C32H39N5O/c1-23(35-30-17-11-10-16-28(30)32(33)37(2)3)34-26-18-20-27(21-19-26)36-31(38)22-29(24-12-6-4-7-13-24)25-14-8-5-9-15-25/h4-17,26-27,29,33-35H,1,18-22H2,2-3H3,(H,36,38). The van der Waals surface area contributed by atoms with E-state index >= 15 is 0 Å². The van der Waals surface area contributed by atoms with Gasteiger partial charge in [-0.3, -0.25) is 10.2 Å². The highest BCUT2D eigenvalue weighted by atomic mass is 16.1. The molecule has 0 aromatic heterocycles. The summed E-state index contributed by atoms with van der Waals surface area (Å²) in [5.41, 5.74) is 4.01. The summed E-state index contributed by atoms with van der Waals surface area (Å²) >= 11 is 0. The van der Waals surface area contributed by atoms with Gasteiger partial charge in [-0.1, -0.05) is 79.4 Å². The lowest BCUT2D eigenvalue weighted by molar-refractivity contribution is -0.122. The number of rotatable bonds is 10.